The first-order valence-electron chi connectivity index (χ1n) is 6.86. The predicted octanol–water partition coefficient (Wildman–Crippen LogP) is 3.70. The number of nitrogens with two attached hydrogens (primary N) is 1. The summed E-state index contributed by atoms with van der Waals surface area (Å²) in [5.74, 6) is 0. The standard InChI is InChI=1S/C12H16N2OS.C5H8/c1-8-9(2)14(3)16(15)11-7-5-4-6-10(11)12(8)13;1-3-5-4-2/h4-7,12H,13H2,1-3H3;3-5H,1H2,2H3/b;5-4-. The number of nitrogens with zero attached hydrogens (tertiary/aromatic N) is 1. The molecule has 0 fully saturated rings. The van der Waals surface area contributed by atoms with Crippen LogP contribution in [0.1, 0.15) is 32.4 Å². The Labute approximate surface area is 130 Å². The SMILES string of the molecule is C=C/C=C\C.CC1=C(C)N(C)S(=O)c2ccccc2C1N. The highest BCUT2D eigenvalue weighted by molar-refractivity contribution is 7.82. The fourth-order valence-electron chi connectivity index (χ4n) is 2.01. The van der Waals surface area contributed by atoms with Gasteiger partial charge in [0.2, 0.25) is 0 Å². The van der Waals surface area contributed by atoms with Crippen molar-refractivity contribution in [3.8, 4) is 0 Å². The second-order valence-electron chi connectivity index (χ2n) is 4.79. The van der Waals surface area contributed by atoms with E-state index < -0.39 is 11.0 Å². The van der Waals surface area contributed by atoms with Crippen LogP contribution in [-0.4, -0.2) is 15.6 Å². The fourth-order valence-corrected chi connectivity index (χ4v) is 3.29. The van der Waals surface area contributed by atoms with E-state index in [9.17, 15) is 4.21 Å². The molecule has 0 radical (unpaired) electrons. The summed E-state index contributed by atoms with van der Waals surface area (Å²) in [6, 6.07) is 7.50. The molecule has 3 nitrogen and oxygen atoms in total. The van der Waals surface area contributed by atoms with Crippen molar-refractivity contribution in [2.45, 2.75) is 31.7 Å². The molecule has 0 bridgehead atoms. The normalized spacial score (nSPS) is 21.5. The summed E-state index contributed by atoms with van der Waals surface area (Å²) < 4.78 is 14.1. The van der Waals surface area contributed by atoms with Crippen LogP contribution < -0.4 is 5.73 Å². The summed E-state index contributed by atoms with van der Waals surface area (Å²) >= 11 is 0. The molecule has 0 saturated carbocycles. The van der Waals surface area contributed by atoms with E-state index >= 15 is 0 Å². The highest BCUT2D eigenvalue weighted by Gasteiger charge is 2.25. The molecule has 2 rings (SSSR count). The molecule has 0 aliphatic carbocycles. The van der Waals surface area contributed by atoms with Gasteiger partial charge in [-0.15, -0.1) is 0 Å². The number of rotatable bonds is 1. The zero-order valence-electron chi connectivity index (χ0n) is 13.2. The monoisotopic (exact) mass is 304 g/mol. The highest BCUT2D eigenvalue weighted by atomic mass is 32.2. The molecule has 4 heteroatoms. The smallest absolute Gasteiger partial charge is 0.152 e. The molecule has 1 heterocycles. The first-order chi connectivity index (χ1) is 9.95. The van der Waals surface area contributed by atoms with Crippen LogP contribution in [-0.2, 0) is 11.0 Å². The summed E-state index contributed by atoms with van der Waals surface area (Å²) in [7, 11) is 0.684. The lowest BCUT2D eigenvalue weighted by atomic mass is 9.99. The van der Waals surface area contributed by atoms with Crippen LogP contribution in [0.3, 0.4) is 0 Å². The minimum atomic E-state index is -1.15. The summed E-state index contributed by atoms with van der Waals surface area (Å²) in [6.45, 7) is 9.38. The van der Waals surface area contributed by atoms with Crippen molar-refractivity contribution in [2.75, 3.05) is 7.05 Å². The van der Waals surface area contributed by atoms with Gasteiger partial charge < -0.3 is 5.73 Å². The van der Waals surface area contributed by atoms with Crippen LogP contribution in [0.15, 0.2) is 65.2 Å². The van der Waals surface area contributed by atoms with Gasteiger partial charge in [0, 0.05) is 12.7 Å². The third kappa shape index (κ3) is 3.93. The molecule has 21 heavy (non-hydrogen) atoms. The molecule has 1 aromatic rings. The van der Waals surface area contributed by atoms with E-state index in [1.165, 1.54) is 0 Å². The van der Waals surface area contributed by atoms with Crippen LogP contribution in [0.2, 0.25) is 0 Å². The van der Waals surface area contributed by atoms with Gasteiger partial charge in [0.15, 0.2) is 11.0 Å². The van der Waals surface area contributed by atoms with E-state index in [0.29, 0.717) is 0 Å². The zero-order chi connectivity index (χ0) is 16.0. The Hall–Kier alpha value is -1.65. The summed E-state index contributed by atoms with van der Waals surface area (Å²) in [5, 5.41) is 0. The van der Waals surface area contributed by atoms with Gasteiger partial charge in [-0.05, 0) is 38.0 Å². The molecular formula is C17H24N2OS. The molecule has 1 aromatic carbocycles. The Balaban J connectivity index is 0.000000383. The molecule has 2 N–H and O–H groups in total. The molecule has 114 valence electrons. The highest BCUT2D eigenvalue weighted by Crippen LogP contribution is 2.32. The first-order valence-corrected chi connectivity index (χ1v) is 7.97. The van der Waals surface area contributed by atoms with Gasteiger partial charge in [-0.2, -0.15) is 0 Å². The summed E-state index contributed by atoms with van der Waals surface area (Å²) in [4.78, 5) is 0.814. The lowest BCUT2D eigenvalue weighted by Gasteiger charge is -2.18. The number of hydrogen-bond acceptors (Lipinski definition) is 2. The van der Waals surface area contributed by atoms with Crippen molar-refractivity contribution in [1.82, 2.24) is 4.31 Å². The molecule has 2 unspecified atom stereocenters. The van der Waals surface area contributed by atoms with Crippen molar-refractivity contribution in [3.63, 3.8) is 0 Å². The lowest BCUT2D eigenvalue weighted by molar-refractivity contribution is 0.601. The van der Waals surface area contributed by atoms with Crippen LogP contribution in [0.4, 0.5) is 0 Å². The Bertz CT molecular complexity index is 590. The van der Waals surface area contributed by atoms with Gasteiger partial charge in [-0.25, -0.2) is 4.21 Å². The number of allylic oxidation sites excluding steroid dienone is 4. The molecule has 1 aliphatic heterocycles. The van der Waals surface area contributed by atoms with E-state index in [1.54, 1.807) is 10.4 Å². The van der Waals surface area contributed by atoms with E-state index in [4.69, 9.17) is 5.73 Å². The lowest BCUT2D eigenvalue weighted by Crippen LogP contribution is -2.19. The van der Waals surface area contributed by atoms with Gasteiger partial charge >= 0.3 is 0 Å². The van der Waals surface area contributed by atoms with Gasteiger partial charge in [0.05, 0.1) is 10.9 Å². The molecule has 0 amide bonds. The van der Waals surface area contributed by atoms with Crippen molar-refractivity contribution in [1.29, 1.82) is 0 Å². The number of benzene rings is 1. The van der Waals surface area contributed by atoms with Gasteiger partial charge in [0.1, 0.15) is 0 Å². The molecule has 1 aliphatic rings. The van der Waals surface area contributed by atoms with Gasteiger partial charge in [-0.3, -0.25) is 4.31 Å². The van der Waals surface area contributed by atoms with Crippen LogP contribution in [0.5, 0.6) is 0 Å². The van der Waals surface area contributed by atoms with Crippen molar-refractivity contribution >= 4 is 11.0 Å². The van der Waals surface area contributed by atoms with Crippen LogP contribution in [0, 0.1) is 0 Å². The average molecular weight is 304 g/mol. The predicted molar refractivity (Wildman–Crippen MR) is 90.9 cm³/mol. The van der Waals surface area contributed by atoms with Crippen LogP contribution >= 0.6 is 0 Å². The fraction of sp³-hybridized carbons (Fsp3) is 0.294. The van der Waals surface area contributed by atoms with Gasteiger partial charge in [0.25, 0.3) is 0 Å². The second-order valence-corrected chi connectivity index (χ2v) is 6.28. The minimum Gasteiger partial charge on any atom is -0.320 e. The molecule has 0 aromatic heterocycles. The Morgan fingerprint density at radius 2 is 1.95 bits per heavy atom. The van der Waals surface area contributed by atoms with Crippen molar-refractivity contribution < 1.29 is 4.21 Å². The molecule has 0 saturated heterocycles. The largest absolute Gasteiger partial charge is 0.320 e. The summed E-state index contributed by atoms with van der Waals surface area (Å²) in [6.07, 6.45) is 5.58. The minimum absolute atomic E-state index is 0.162. The first kappa shape index (κ1) is 17.4. The Morgan fingerprint density at radius 1 is 1.33 bits per heavy atom. The molecular weight excluding hydrogens is 280 g/mol. The maximum atomic E-state index is 12.3. The number of hydrogen-bond donors (Lipinski definition) is 1. The third-order valence-electron chi connectivity index (χ3n) is 3.53. The van der Waals surface area contributed by atoms with E-state index in [-0.39, 0.29) is 6.04 Å². The molecule has 2 atom stereocenters. The quantitative estimate of drug-likeness (QED) is 0.804. The Morgan fingerprint density at radius 3 is 2.48 bits per heavy atom. The van der Waals surface area contributed by atoms with Crippen LogP contribution in [0.25, 0.3) is 0 Å². The Kier molecular flexibility index (Phi) is 6.59. The van der Waals surface area contributed by atoms with E-state index in [2.05, 4.69) is 6.58 Å². The van der Waals surface area contributed by atoms with E-state index in [0.717, 1.165) is 21.7 Å². The van der Waals surface area contributed by atoms with Crippen molar-refractivity contribution in [3.05, 3.63) is 65.9 Å². The molecule has 0 spiro atoms. The van der Waals surface area contributed by atoms with Gasteiger partial charge in [-0.1, -0.05) is 43.0 Å². The second kappa shape index (κ2) is 7.96. The average Bonchev–Trinajstić information content (AvgIpc) is 2.57. The maximum Gasteiger partial charge on any atom is 0.152 e. The van der Waals surface area contributed by atoms with Crippen molar-refractivity contribution in [2.24, 2.45) is 5.73 Å². The van der Waals surface area contributed by atoms with E-state index in [1.807, 2.05) is 64.2 Å². The zero-order valence-corrected chi connectivity index (χ0v) is 14.0. The third-order valence-corrected chi connectivity index (χ3v) is 5.05. The summed E-state index contributed by atoms with van der Waals surface area (Å²) in [5.41, 5.74) is 9.20. The topological polar surface area (TPSA) is 46.3 Å². The number of fused-ring (bicyclic) bond motifs is 1. The maximum absolute atomic E-state index is 12.3.